The summed E-state index contributed by atoms with van der Waals surface area (Å²) in [6.07, 6.45) is 0. The highest BCUT2D eigenvalue weighted by Crippen LogP contribution is 2.21. The summed E-state index contributed by atoms with van der Waals surface area (Å²) in [5.74, 6) is 0.317. The minimum atomic E-state index is -3.73. The van der Waals surface area contributed by atoms with Crippen LogP contribution in [0.3, 0.4) is 0 Å². The van der Waals surface area contributed by atoms with Crippen molar-refractivity contribution in [3.63, 3.8) is 0 Å². The van der Waals surface area contributed by atoms with Crippen LogP contribution in [0.15, 0.2) is 23.1 Å². The third-order valence-corrected chi connectivity index (χ3v) is 3.91. The number of rotatable bonds is 5. The van der Waals surface area contributed by atoms with Crippen LogP contribution in [0.1, 0.15) is 19.4 Å². The summed E-state index contributed by atoms with van der Waals surface area (Å²) < 4.78 is 27.8. The lowest BCUT2D eigenvalue weighted by Gasteiger charge is -2.21. The Hall–Kier alpha value is -1.60. The molecule has 0 radical (unpaired) electrons. The zero-order valence-electron chi connectivity index (χ0n) is 12.1. The number of hydrogen-bond donors (Lipinski definition) is 1. The molecule has 112 valence electrons. The average Bonchev–Trinajstić information content (AvgIpc) is 2.34. The molecule has 0 bridgehead atoms. The van der Waals surface area contributed by atoms with Gasteiger partial charge < -0.3 is 9.64 Å². The molecule has 20 heavy (non-hydrogen) atoms. The van der Waals surface area contributed by atoms with E-state index >= 15 is 0 Å². The summed E-state index contributed by atoms with van der Waals surface area (Å²) in [5.41, 5.74) is 0.608. The van der Waals surface area contributed by atoms with Crippen LogP contribution in [-0.4, -0.2) is 38.9 Å². The fourth-order valence-corrected chi connectivity index (χ4v) is 2.09. The van der Waals surface area contributed by atoms with Crippen LogP contribution in [0.4, 0.5) is 0 Å². The molecule has 0 unspecified atom stereocenters. The van der Waals surface area contributed by atoms with E-state index < -0.39 is 10.0 Å². The maximum atomic E-state index is 11.8. The van der Waals surface area contributed by atoms with E-state index in [4.69, 9.17) is 9.88 Å². The van der Waals surface area contributed by atoms with Crippen LogP contribution in [-0.2, 0) is 14.8 Å². The Morgan fingerprint density at radius 3 is 2.45 bits per heavy atom. The first-order chi connectivity index (χ1) is 9.12. The summed E-state index contributed by atoms with van der Waals surface area (Å²) in [4.78, 5) is 13.4. The highest BCUT2D eigenvalue weighted by molar-refractivity contribution is 7.89. The number of aryl methyl sites for hydroxylation is 1. The lowest BCUT2D eigenvalue weighted by molar-refractivity contribution is -0.133. The zero-order valence-corrected chi connectivity index (χ0v) is 12.9. The molecule has 0 saturated heterocycles. The van der Waals surface area contributed by atoms with E-state index in [2.05, 4.69) is 0 Å². The molecule has 1 rings (SSSR count). The Morgan fingerprint density at radius 1 is 1.40 bits per heavy atom. The predicted octanol–water partition coefficient (Wildman–Crippen LogP) is 0.888. The molecule has 0 fully saturated rings. The van der Waals surface area contributed by atoms with Crippen molar-refractivity contribution in [3.05, 3.63) is 23.8 Å². The monoisotopic (exact) mass is 300 g/mol. The molecular formula is C13H20N2O4S. The first-order valence-electron chi connectivity index (χ1n) is 6.15. The topological polar surface area (TPSA) is 89.7 Å². The zero-order chi connectivity index (χ0) is 15.5. The Morgan fingerprint density at radius 2 is 2.00 bits per heavy atom. The number of primary sulfonamides is 1. The van der Waals surface area contributed by atoms with Crippen molar-refractivity contribution >= 4 is 15.9 Å². The minimum Gasteiger partial charge on any atom is -0.483 e. The molecule has 0 aliphatic carbocycles. The molecule has 1 aromatic rings. The Labute approximate surface area is 119 Å². The van der Waals surface area contributed by atoms with Crippen LogP contribution in [0, 0.1) is 6.92 Å². The van der Waals surface area contributed by atoms with Crippen molar-refractivity contribution in [1.29, 1.82) is 0 Å². The quantitative estimate of drug-likeness (QED) is 0.874. The molecular weight excluding hydrogens is 280 g/mol. The van der Waals surface area contributed by atoms with Crippen molar-refractivity contribution in [2.45, 2.75) is 31.7 Å². The van der Waals surface area contributed by atoms with E-state index in [0.29, 0.717) is 11.3 Å². The number of sulfonamides is 1. The number of carbonyl (C=O) groups excluding carboxylic acids is 1. The predicted molar refractivity (Wildman–Crippen MR) is 76.0 cm³/mol. The van der Waals surface area contributed by atoms with Crippen molar-refractivity contribution < 1.29 is 17.9 Å². The van der Waals surface area contributed by atoms with Gasteiger partial charge in [0.1, 0.15) is 5.75 Å². The van der Waals surface area contributed by atoms with Gasteiger partial charge in [0.05, 0.1) is 4.90 Å². The maximum Gasteiger partial charge on any atom is 0.260 e. The number of ether oxygens (including phenoxy) is 1. The molecule has 7 heteroatoms. The third kappa shape index (κ3) is 4.21. The van der Waals surface area contributed by atoms with Gasteiger partial charge in [-0.2, -0.15) is 0 Å². The lowest BCUT2D eigenvalue weighted by atomic mass is 10.2. The molecule has 0 aliphatic rings. The van der Waals surface area contributed by atoms with Crippen molar-refractivity contribution in [2.24, 2.45) is 5.14 Å². The van der Waals surface area contributed by atoms with E-state index in [1.54, 1.807) is 18.9 Å². The van der Waals surface area contributed by atoms with Crippen molar-refractivity contribution in [1.82, 2.24) is 4.90 Å². The Balaban J connectivity index is 2.78. The number of hydrogen-bond acceptors (Lipinski definition) is 4. The molecule has 0 spiro atoms. The summed E-state index contributed by atoms with van der Waals surface area (Å²) in [6.45, 7) is 5.42. The van der Waals surface area contributed by atoms with Crippen molar-refractivity contribution in [3.8, 4) is 5.75 Å². The SMILES string of the molecule is Cc1cc(S(N)(=O)=O)ccc1OCC(=O)N(C)C(C)C. The third-order valence-electron chi connectivity index (χ3n) is 2.99. The second kappa shape index (κ2) is 6.23. The van der Waals surface area contributed by atoms with Gasteiger partial charge in [-0.05, 0) is 44.5 Å². The fraction of sp³-hybridized carbons (Fsp3) is 0.462. The van der Waals surface area contributed by atoms with Gasteiger partial charge >= 0.3 is 0 Å². The van der Waals surface area contributed by atoms with E-state index in [1.807, 2.05) is 13.8 Å². The van der Waals surface area contributed by atoms with Crippen LogP contribution >= 0.6 is 0 Å². The largest absolute Gasteiger partial charge is 0.483 e. The minimum absolute atomic E-state index is 0.0213. The smallest absolute Gasteiger partial charge is 0.260 e. The first-order valence-corrected chi connectivity index (χ1v) is 7.69. The molecule has 0 saturated carbocycles. The number of nitrogens with two attached hydrogens (primary N) is 1. The molecule has 0 heterocycles. The number of carbonyl (C=O) groups is 1. The van der Waals surface area contributed by atoms with Gasteiger partial charge in [0.25, 0.3) is 5.91 Å². The normalized spacial score (nSPS) is 11.5. The van der Waals surface area contributed by atoms with Gasteiger partial charge in [-0.25, -0.2) is 13.6 Å². The second-order valence-corrected chi connectivity index (χ2v) is 6.42. The van der Waals surface area contributed by atoms with E-state index in [1.165, 1.54) is 18.2 Å². The highest BCUT2D eigenvalue weighted by atomic mass is 32.2. The Bertz CT molecular complexity index is 596. The maximum absolute atomic E-state index is 11.8. The van der Waals surface area contributed by atoms with Crippen LogP contribution in [0.2, 0.25) is 0 Å². The van der Waals surface area contributed by atoms with Gasteiger partial charge in [-0.1, -0.05) is 0 Å². The molecule has 0 aromatic heterocycles. The number of benzene rings is 1. The molecule has 0 atom stereocenters. The number of likely N-dealkylation sites (N-methyl/N-ethyl adjacent to an activating group) is 1. The molecule has 0 aliphatic heterocycles. The van der Waals surface area contributed by atoms with E-state index in [0.717, 1.165) is 0 Å². The molecule has 2 N–H and O–H groups in total. The summed E-state index contributed by atoms with van der Waals surface area (Å²) in [6, 6.07) is 4.37. The fourth-order valence-electron chi connectivity index (χ4n) is 1.49. The molecule has 1 aromatic carbocycles. The summed E-state index contributed by atoms with van der Waals surface area (Å²) in [7, 11) is -2.03. The van der Waals surface area contributed by atoms with Crippen LogP contribution in [0.25, 0.3) is 0 Å². The van der Waals surface area contributed by atoms with E-state index in [-0.39, 0.29) is 23.5 Å². The second-order valence-electron chi connectivity index (χ2n) is 4.86. The molecule has 1 amide bonds. The summed E-state index contributed by atoms with van der Waals surface area (Å²) >= 11 is 0. The van der Waals surface area contributed by atoms with Gasteiger partial charge in [0.2, 0.25) is 10.0 Å². The highest BCUT2D eigenvalue weighted by Gasteiger charge is 2.14. The molecule has 6 nitrogen and oxygen atoms in total. The van der Waals surface area contributed by atoms with Gasteiger partial charge in [-0.15, -0.1) is 0 Å². The average molecular weight is 300 g/mol. The van der Waals surface area contributed by atoms with Crippen LogP contribution < -0.4 is 9.88 Å². The Kier molecular flexibility index (Phi) is 5.13. The van der Waals surface area contributed by atoms with Crippen molar-refractivity contribution in [2.75, 3.05) is 13.7 Å². The van der Waals surface area contributed by atoms with Gasteiger partial charge in [-0.3, -0.25) is 4.79 Å². The lowest BCUT2D eigenvalue weighted by Crippen LogP contribution is -2.36. The standard InChI is InChI=1S/C13H20N2O4S/c1-9(2)15(4)13(16)8-19-12-6-5-11(7-10(12)3)20(14,17)18/h5-7,9H,8H2,1-4H3,(H2,14,17,18). The van der Waals surface area contributed by atoms with Gasteiger partial charge in [0, 0.05) is 13.1 Å². The van der Waals surface area contributed by atoms with E-state index in [9.17, 15) is 13.2 Å². The van der Waals surface area contributed by atoms with Gasteiger partial charge in [0.15, 0.2) is 6.61 Å². The summed E-state index contributed by atoms with van der Waals surface area (Å²) in [5, 5.41) is 5.04. The first kappa shape index (κ1) is 16.5. The van der Waals surface area contributed by atoms with Crippen LogP contribution in [0.5, 0.6) is 5.75 Å². The number of nitrogens with zero attached hydrogens (tertiary/aromatic N) is 1. The number of amides is 1.